The van der Waals surface area contributed by atoms with Crippen LogP contribution in [0.25, 0.3) is 0 Å². The van der Waals surface area contributed by atoms with Crippen molar-refractivity contribution in [1.82, 2.24) is 5.32 Å². The summed E-state index contributed by atoms with van der Waals surface area (Å²) in [5.41, 5.74) is 7.95. The van der Waals surface area contributed by atoms with E-state index in [1.165, 1.54) is 0 Å². The number of halogens is 2. The maximum absolute atomic E-state index is 12.3. The van der Waals surface area contributed by atoms with Crippen LogP contribution in [-0.2, 0) is 6.42 Å². The van der Waals surface area contributed by atoms with Gasteiger partial charge in [-0.1, -0.05) is 23.7 Å². The molecule has 0 saturated carbocycles. The second-order valence-corrected chi connectivity index (χ2v) is 6.24. The van der Waals surface area contributed by atoms with Gasteiger partial charge in [0.25, 0.3) is 5.91 Å². The van der Waals surface area contributed by atoms with Crippen molar-refractivity contribution in [3.8, 4) is 0 Å². The predicted molar refractivity (Wildman–Crippen MR) is 90.6 cm³/mol. The lowest BCUT2D eigenvalue weighted by Gasteiger charge is -2.15. The summed E-state index contributed by atoms with van der Waals surface area (Å²) in [6.07, 6.45) is 0.739. The molecule has 0 aromatic heterocycles. The van der Waals surface area contributed by atoms with E-state index in [0.29, 0.717) is 16.3 Å². The third-order valence-electron chi connectivity index (χ3n) is 3.07. The number of nitrogen functional groups attached to an aromatic ring is 1. The van der Waals surface area contributed by atoms with E-state index in [1.54, 1.807) is 18.2 Å². The first-order chi connectivity index (χ1) is 9.95. The summed E-state index contributed by atoms with van der Waals surface area (Å²) < 4.78 is 0.730. The van der Waals surface area contributed by atoms with Gasteiger partial charge in [-0.05, 0) is 65.2 Å². The highest BCUT2D eigenvalue weighted by atomic mass is 79.9. The second kappa shape index (κ2) is 6.96. The molecule has 21 heavy (non-hydrogen) atoms. The van der Waals surface area contributed by atoms with Crippen LogP contribution < -0.4 is 11.1 Å². The molecule has 0 fully saturated rings. The van der Waals surface area contributed by atoms with Crippen molar-refractivity contribution in [3.05, 3.63) is 63.1 Å². The molecule has 0 radical (unpaired) electrons. The molecule has 0 heterocycles. The molecule has 2 rings (SSSR count). The minimum atomic E-state index is -0.143. The van der Waals surface area contributed by atoms with Crippen LogP contribution in [0.1, 0.15) is 22.8 Å². The number of hydrogen-bond acceptors (Lipinski definition) is 2. The molecule has 1 unspecified atom stereocenters. The Bertz CT molecular complexity index is 643. The Morgan fingerprint density at radius 2 is 1.95 bits per heavy atom. The first-order valence-corrected chi connectivity index (χ1v) is 7.73. The Balaban J connectivity index is 2.01. The van der Waals surface area contributed by atoms with Crippen LogP contribution in [0.2, 0.25) is 5.02 Å². The van der Waals surface area contributed by atoms with Gasteiger partial charge in [0.15, 0.2) is 0 Å². The molecule has 1 amide bonds. The van der Waals surface area contributed by atoms with Gasteiger partial charge < -0.3 is 11.1 Å². The number of benzene rings is 2. The SMILES string of the molecule is CC(Cc1ccc(Cl)cc1)NC(=O)c1cc(N)ccc1Br. The van der Waals surface area contributed by atoms with Gasteiger partial charge >= 0.3 is 0 Å². The van der Waals surface area contributed by atoms with Crippen LogP contribution in [0.4, 0.5) is 5.69 Å². The van der Waals surface area contributed by atoms with Crippen molar-refractivity contribution in [2.24, 2.45) is 0 Å². The Labute approximate surface area is 137 Å². The molecule has 110 valence electrons. The summed E-state index contributed by atoms with van der Waals surface area (Å²) >= 11 is 9.22. The summed E-state index contributed by atoms with van der Waals surface area (Å²) in [6.45, 7) is 1.96. The number of carbonyl (C=O) groups excluding carboxylic acids is 1. The highest BCUT2D eigenvalue weighted by Gasteiger charge is 2.13. The zero-order valence-corrected chi connectivity index (χ0v) is 13.9. The molecule has 0 aliphatic heterocycles. The van der Waals surface area contributed by atoms with Gasteiger partial charge in [0.2, 0.25) is 0 Å². The van der Waals surface area contributed by atoms with Crippen LogP contribution in [0.5, 0.6) is 0 Å². The van der Waals surface area contributed by atoms with E-state index in [-0.39, 0.29) is 11.9 Å². The molecule has 3 nitrogen and oxygen atoms in total. The molecule has 0 aliphatic carbocycles. The molecule has 5 heteroatoms. The fourth-order valence-corrected chi connectivity index (χ4v) is 2.60. The minimum Gasteiger partial charge on any atom is -0.399 e. The van der Waals surface area contributed by atoms with E-state index in [2.05, 4.69) is 21.2 Å². The largest absolute Gasteiger partial charge is 0.399 e. The summed E-state index contributed by atoms with van der Waals surface area (Å²) in [4.78, 5) is 12.3. The fraction of sp³-hybridized carbons (Fsp3) is 0.188. The van der Waals surface area contributed by atoms with E-state index in [1.807, 2.05) is 31.2 Å². The summed E-state index contributed by atoms with van der Waals surface area (Å²) in [6, 6.07) is 12.8. The standard InChI is InChI=1S/C16H16BrClN2O/c1-10(8-11-2-4-12(18)5-3-11)20-16(21)14-9-13(19)6-7-15(14)17/h2-7,9-10H,8,19H2,1H3,(H,20,21). The molecule has 0 saturated heterocycles. The average molecular weight is 368 g/mol. The fourth-order valence-electron chi connectivity index (χ4n) is 2.04. The van der Waals surface area contributed by atoms with E-state index in [0.717, 1.165) is 16.5 Å². The number of carbonyl (C=O) groups is 1. The third-order valence-corrected chi connectivity index (χ3v) is 4.01. The number of rotatable bonds is 4. The van der Waals surface area contributed by atoms with Gasteiger partial charge in [-0.3, -0.25) is 4.79 Å². The molecule has 3 N–H and O–H groups in total. The van der Waals surface area contributed by atoms with Crippen molar-refractivity contribution in [3.63, 3.8) is 0 Å². The lowest BCUT2D eigenvalue weighted by Crippen LogP contribution is -2.34. The summed E-state index contributed by atoms with van der Waals surface area (Å²) in [5, 5.41) is 3.68. The monoisotopic (exact) mass is 366 g/mol. The first kappa shape index (κ1) is 15.9. The average Bonchev–Trinajstić information content (AvgIpc) is 2.44. The first-order valence-electron chi connectivity index (χ1n) is 6.56. The van der Waals surface area contributed by atoms with Gasteiger partial charge in [-0.2, -0.15) is 0 Å². The van der Waals surface area contributed by atoms with E-state index < -0.39 is 0 Å². The number of anilines is 1. The van der Waals surface area contributed by atoms with E-state index in [4.69, 9.17) is 17.3 Å². The Hall–Kier alpha value is -1.52. The number of amides is 1. The van der Waals surface area contributed by atoms with Gasteiger partial charge in [0, 0.05) is 21.2 Å². The number of nitrogens with one attached hydrogen (secondary N) is 1. The van der Waals surface area contributed by atoms with E-state index in [9.17, 15) is 4.79 Å². The van der Waals surface area contributed by atoms with Crippen molar-refractivity contribution < 1.29 is 4.79 Å². The van der Waals surface area contributed by atoms with Crippen LogP contribution in [-0.4, -0.2) is 11.9 Å². The maximum Gasteiger partial charge on any atom is 0.252 e. The number of hydrogen-bond donors (Lipinski definition) is 2. The quantitative estimate of drug-likeness (QED) is 0.801. The smallest absolute Gasteiger partial charge is 0.252 e. The Morgan fingerprint density at radius 3 is 2.62 bits per heavy atom. The van der Waals surface area contributed by atoms with Gasteiger partial charge in [0.1, 0.15) is 0 Å². The third kappa shape index (κ3) is 4.48. The summed E-state index contributed by atoms with van der Waals surface area (Å²) in [7, 11) is 0. The normalized spacial score (nSPS) is 12.0. The van der Waals surface area contributed by atoms with Crippen LogP contribution in [0, 0.1) is 0 Å². The van der Waals surface area contributed by atoms with E-state index >= 15 is 0 Å². The van der Waals surface area contributed by atoms with Crippen LogP contribution >= 0.6 is 27.5 Å². The Morgan fingerprint density at radius 1 is 1.29 bits per heavy atom. The van der Waals surface area contributed by atoms with Crippen molar-refractivity contribution >= 4 is 39.1 Å². The summed E-state index contributed by atoms with van der Waals surface area (Å²) in [5.74, 6) is -0.143. The zero-order chi connectivity index (χ0) is 15.4. The lowest BCUT2D eigenvalue weighted by atomic mass is 10.1. The van der Waals surface area contributed by atoms with Crippen molar-refractivity contribution in [2.75, 3.05) is 5.73 Å². The topological polar surface area (TPSA) is 55.1 Å². The molecule has 2 aromatic rings. The highest BCUT2D eigenvalue weighted by Crippen LogP contribution is 2.19. The van der Waals surface area contributed by atoms with Crippen molar-refractivity contribution in [1.29, 1.82) is 0 Å². The molecular weight excluding hydrogens is 352 g/mol. The molecule has 0 spiro atoms. The zero-order valence-electron chi connectivity index (χ0n) is 11.6. The molecular formula is C16H16BrClN2O. The highest BCUT2D eigenvalue weighted by molar-refractivity contribution is 9.10. The molecule has 0 aliphatic rings. The van der Waals surface area contributed by atoms with Crippen LogP contribution in [0.3, 0.4) is 0 Å². The predicted octanol–water partition coefficient (Wildman–Crippen LogP) is 4.05. The molecule has 2 aromatic carbocycles. The van der Waals surface area contributed by atoms with Gasteiger partial charge in [-0.25, -0.2) is 0 Å². The molecule has 1 atom stereocenters. The maximum atomic E-state index is 12.3. The van der Waals surface area contributed by atoms with Gasteiger partial charge in [-0.15, -0.1) is 0 Å². The molecule has 0 bridgehead atoms. The second-order valence-electron chi connectivity index (χ2n) is 4.94. The minimum absolute atomic E-state index is 0.00649. The van der Waals surface area contributed by atoms with Crippen LogP contribution in [0.15, 0.2) is 46.9 Å². The van der Waals surface area contributed by atoms with Crippen molar-refractivity contribution in [2.45, 2.75) is 19.4 Å². The van der Waals surface area contributed by atoms with Gasteiger partial charge in [0.05, 0.1) is 5.56 Å². The Kier molecular flexibility index (Phi) is 5.26. The number of nitrogens with two attached hydrogens (primary N) is 1. The lowest BCUT2D eigenvalue weighted by molar-refractivity contribution is 0.0939.